The standard InChI is InChI=1S/C31H19N3O2/c35-29-22-15-7-9-17-25(22)34-26-18-10-8-16-23(26)30(36)27-28(34)24(29)19-32-31(27)33(20-11-3-1-4-12-20)21-13-5-2-6-14-21/h1-19H. The third-order valence-electron chi connectivity index (χ3n) is 6.75. The van der Waals surface area contributed by atoms with Crippen molar-refractivity contribution in [3.8, 4) is 0 Å². The van der Waals surface area contributed by atoms with Gasteiger partial charge in [-0.25, -0.2) is 4.98 Å². The minimum atomic E-state index is -0.148. The maximum atomic E-state index is 14.1. The molecule has 0 saturated heterocycles. The molecule has 170 valence electrons. The van der Waals surface area contributed by atoms with E-state index in [9.17, 15) is 9.59 Å². The van der Waals surface area contributed by atoms with Gasteiger partial charge in [-0.05, 0) is 48.5 Å². The molecular formula is C31H19N3O2. The molecule has 36 heavy (non-hydrogen) atoms. The number of benzene rings is 4. The van der Waals surface area contributed by atoms with Crippen LogP contribution in [0.3, 0.4) is 0 Å². The molecule has 7 aromatic rings. The average Bonchev–Trinajstić information content (AvgIpc) is 2.94. The van der Waals surface area contributed by atoms with Crippen molar-refractivity contribution in [2.24, 2.45) is 0 Å². The van der Waals surface area contributed by atoms with E-state index in [0.717, 1.165) is 22.4 Å². The fourth-order valence-electron chi connectivity index (χ4n) is 5.19. The number of aromatic nitrogens is 2. The van der Waals surface area contributed by atoms with Gasteiger partial charge in [0.25, 0.3) is 0 Å². The number of para-hydroxylation sites is 4. The van der Waals surface area contributed by atoms with Crippen LogP contribution in [0.25, 0.3) is 38.1 Å². The summed E-state index contributed by atoms with van der Waals surface area (Å²) in [6.07, 6.45) is 1.61. The molecule has 0 amide bonds. The molecule has 0 aliphatic carbocycles. The van der Waals surface area contributed by atoms with Crippen molar-refractivity contribution in [3.05, 3.63) is 136 Å². The van der Waals surface area contributed by atoms with Crippen LogP contribution in [-0.4, -0.2) is 9.38 Å². The highest BCUT2D eigenvalue weighted by molar-refractivity contribution is 6.11. The Morgan fingerprint density at radius 3 is 1.64 bits per heavy atom. The second-order valence-corrected chi connectivity index (χ2v) is 8.75. The normalized spacial score (nSPS) is 11.6. The monoisotopic (exact) mass is 465 g/mol. The highest BCUT2D eigenvalue weighted by atomic mass is 16.1. The summed E-state index contributed by atoms with van der Waals surface area (Å²) >= 11 is 0. The first-order valence-electron chi connectivity index (χ1n) is 11.7. The lowest BCUT2D eigenvalue weighted by molar-refractivity contribution is 1.19. The Labute approximate surface area is 205 Å². The van der Waals surface area contributed by atoms with Crippen LogP contribution in [0, 0.1) is 0 Å². The molecule has 5 heteroatoms. The number of pyridine rings is 3. The fourth-order valence-corrected chi connectivity index (χ4v) is 5.19. The molecule has 0 bridgehead atoms. The first kappa shape index (κ1) is 20.4. The molecule has 0 atom stereocenters. The largest absolute Gasteiger partial charge is 0.307 e. The molecule has 7 rings (SSSR count). The summed E-state index contributed by atoms with van der Waals surface area (Å²) in [6, 6.07) is 34.8. The van der Waals surface area contributed by atoms with Gasteiger partial charge in [-0.2, -0.15) is 0 Å². The summed E-state index contributed by atoms with van der Waals surface area (Å²) in [7, 11) is 0. The Morgan fingerprint density at radius 2 is 1.06 bits per heavy atom. The van der Waals surface area contributed by atoms with Crippen LogP contribution in [-0.2, 0) is 0 Å². The fraction of sp³-hybridized carbons (Fsp3) is 0. The van der Waals surface area contributed by atoms with Crippen molar-refractivity contribution >= 4 is 55.3 Å². The molecule has 0 saturated carbocycles. The molecule has 0 fully saturated rings. The van der Waals surface area contributed by atoms with Gasteiger partial charge in [-0.3, -0.25) is 14.5 Å². The minimum Gasteiger partial charge on any atom is -0.307 e. The van der Waals surface area contributed by atoms with Crippen molar-refractivity contribution < 1.29 is 0 Å². The third-order valence-corrected chi connectivity index (χ3v) is 6.75. The van der Waals surface area contributed by atoms with E-state index >= 15 is 0 Å². The lowest BCUT2D eigenvalue weighted by Crippen LogP contribution is -2.19. The first-order chi connectivity index (χ1) is 17.7. The van der Waals surface area contributed by atoms with Crippen molar-refractivity contribution in [1.29, 1.82) is 0 Å². The molecule has 4 aromatic carbocycles. The molecule has 0 spiro atoms. The molecular weight excluding hydrogens is 446 g/mol. The van der Waals surface area contributed by atoms with Gasteiger partial charge < -0.3 is 4.40 Å². The predicted molar refractivity (Wildman–Crippen MR) is 146 cm³/mol. The molecule has 0 unspecified atom stereocenters. The topological polar surface area (TPSA) is 54.7 Å². The molecule has 3 heterocycles. The molecule has 0 radical (unpaired) electrons. The zero-order valence-corrected chi connectivity index (χ0v) is 19.1. The number of hydrogen-bond acceptors (Lipinski definition) is 4. The van der Waals surface area contributed by atoms with E-state index in [2.05, 4.69) is 0 Å². The number of fused-ring (bicyclic) bond motifs is 4. The number of hydrogen-bond donors (Lipinski definition) is 0. The summed E-state index contributed by atoms with van der Waals surface area (Å²) < 4.78 is 2.04. The van der Waals surface area contributed by atoms with Gasteiger partial charge in [0, 0.05) is 28.3 Å². The Morgan fingerprint density at radius 1 is 0.556 bits per heavy atom. The van der Waals surface area contributed by atoms with E-state index in [0.29, 0.717) is 32.9 Å². The van der Waals surface area contributed by atoms with Crippen LogP contribution >= 0.6 is 0 Å². The lowest BCUT2D eigenvalue weighted by Gasteiger charge is -2.26. The van der Waals surface area contributed by atoms with E-state index in [1.54, 1.807) is 6.20 Å². The smallest absolute Gasteiger partial charge is 0.201 e. The molecule has 5 nitrogen and oxygen atoms in total. The Balaban J connectivity index is 1.75. The Bertz CT molecular complexity index is 1980. The number of anilines is 3. The maximum Gasteiger partial charge on any atom is 0.201 e. The lowest BCUT2D eigenvalue weighted by atomic mass is 10.0. The highest BCUT2D eigenvalue weighted by Gasteiger charge is 2.24. The third kappa shape index (κ3) is 2.80. The van der Waals surface area contributed by atoms with Crippen LogP contribution in [0.5, 0.6) is 0 Å². The van der Waals surface area contributed by atoms with Crippen LogP contribution in [0.2, 0.25) is 0 Å². The van der Waals surface area contributed by atoms with Crippen LogP contribution in [0.4, 0.5) is 17.2 Å². The van der Waals surface area contributed by atoms with Gasteiger partial charge >= 0.3 is 0 Å². The van der Waals surface area contributed by atoms with Gasteiger partial charge in [0.1, 0.15) is 0 Å². The van der Waals surface area contributed by atoms with Crippen molar-refractivity contribution in [3.63, 3.8) is 0 Å². The molecule has 0 aliphatic rings. The van der Waals surface area contributed by atoms with Crippen LogP contribution in [0.1, 0.15) is 0 Å². The Kier molecular flexibility index (Phi) is 4.38. The molecule has 0 N–H and O–H groups in total. The summed E-state index contributed by atoms with van der Waals surface area (Å²) in [6.45, 7) is 0. The summed E-state index contributed by atoms with van der Waals surface area (Å²) in [5.74, 6) is 0.489. The van der Waals surface area contributed by atoms with E-state index in [-0.39, 0.29) is 10.9 Å². The van der Waals surface area contributed by atoms with E-state index in [1.165, 1.54) is 0 Å². The number of rotatable bonds is 3. The van der Waals surface area contributed by atoms with E-state index < -0.39 is 0 Å². The van der Waals surface area contributed by atoms with Gasteiger partial charge in [-0.15, -0.1) is 0 Å². The van der Waals surface area contributed by atoms with Gasteiger partial charge in [0.05, 0.1) is 27.3 Å². The highest BCUT2D eigenvalue weighted by Crippen LogP contribution is 2.38. The predicted octanol–water partition coefficient (Wildman–Crippen LogP) is 6.42. The van der Waals surface area contributed by atoms with Gasteiger partial charge in [0.2, 0.25) is 5.43 Å². The molecule has 3 aromatic heterocycles. The van der Waals surface area contributed by atoms with Crippen LogP contribution < -0.4 is 15.8 Å². The van der Waals surface area contributed by atoms with E-state index in [4.69, 9.17) is 4.98 Å². The second kappa shape index (κ2) is 7.75. The van der Waals surface area contributed by atoms with Gasteiger partial charge in [0.15, 0.2) is 11.2 Å². The summed E-state index contributed by atoms with van der Waals surface area (Å²) in [5, 5.41) is 2.02. The summed E-state index contributed by atoms with van der Waals surface area (Å²) in [5.41, 5.74) is 3.57. The van der Waals surface area contributed by atoms with Crippen LogP contribution in [0.15, 0.2) is 125 Å². The van der Waals surface area contributed by atoms with Crippen molar-refractivity contribution in [1.82, 2.24) is 9.38 Å². The second-order valence-electron chi connectivity index (χ2n) is 8.75. The summed E-state index contributed by atoms with van der Waals surface area (Å²) in [4.78, 5) is 34.5. The van der Waals surface area contributed by atoms with E-state index in [1.807, 2.05) is 118 Å². The average molecular weight is 466 g/mol. The quantitative estimate of drug-likeness (QED) is 0.223. The minimum absolute atomic E-state index is 0.129. The zero-order chi connectivity index (χ0) is 24.2. The SMILES string of the molecule is O=c1c2ccccc2n2c3ccccc3c(=O)c3c(N(c4ccccc4)c4ccccc4)ncc1c32. The molecule has 0 aliphatic heterocycles. The van der Waals surface area contributed by atoms with Crippen molar-refractivity contribution in [2.45, 2.75) is 0 Å². The van der Waals surface area contributed by atoms with Crippen molar-refractivity contribution in [2.75, 3.05) is 4.90 Å². The zero-order valence-electron chi connectivity index (χ0n) is 19.1. The Hall–Kier alpha value is -5.03. The van der Waals surface area contributed by atoms with Gasteiger partial charge in [-0.1, -0.05) is 60.7 Å². The maximum absolute atomic E-state index is 14.1. The first-order valence-corrected chi connectivity index (χ1v) is 11.7. The number of nitrogens with zero attached hydrogens (tertiary/aromatic N) is 3.